The lowest BCUT2D eigenvalue weighted by atomic mass is 10.1. The molecule has 0 spiro atoms. The molecule has 1 heterocycles. The Balaban J connectivity index is 1.91. The maximum Gasteiger partial charge on any atom is 0.269 e. The van der Waals surface area contributed by atoms with Crippen molar-refractivity contribution >= 4 is 17.3 Å². The third kappa shape index (κ3) is 5.35. The molecule has 128 valence electrons. The number of pyridine rings is 1. The summed E-state index contributed by atoms with van der Waals surface area (Å²) in [5, 5.41) is 6.22. The fourth-order valence-corrected chi connectivity index (χ4v) is 2.40. The normalized spacial score (nSPS) is 10.7. The van der Waals surface area contributed by atoms with Crippen LogP contribution in [0.15, 0.2) is 36.5 Å². The fourth-order valence-electron chi connectivity index (χ4n) is 2.40. The molecule has 0 atom stereocenters. The van der Waals surface area contributed by atoms with E-state index < -0.39 is 0 Å². The maximum absolute atomic E-state index is 12.0. The number of anilines is 2. The second-order valence-corrected chi connectivity index (χ2v) is 6.29. The van der Waals surface area contributed by atoms with Crippen molar-refractivity contribution in [2.45, 2.75) is 20.3 Å². The molecule has 5 nitrogen and oxygen atoms in total. The van der Waals surface area contributed by atoms with Gasteiger partial charge in [-0.05, 0) is 64.7 Å². The fraction of sp³-hybridized carbons (Fsp3) is 0.368. The van der Waals surface area contributed by atoms with Gasteiger partial charge in [-0.1, -0.05) is 17.7 Å². The predicted molar refractivity (Wildman–Crippen MR) is 98.9 cm³/mol. The van der Waals surface area contributed by atoms with E-state index in [9.17, 15) is 4.79 Å². The highest BCUT2D eigenvalue weighted by Gasteiger charge is 2.07. The molecule has 2 aromatic rings. The Kier molecular flexibility index (Phi) is 6.32. The Bertz CT molecular complexity index is 680. The minimum Gasteiger partial charge on any atom is -0.354 e. The predicted octanol–water partition coefficient (Wildman–Crippen LogP) is 3.12. The summed E-state index contributed by atoms with van der Waals surface area (Å²) in [7, 11) is 4.04. The van der Waals surface area contributed by atoms with Crippen molar-refractivity contribution in [1.82, 2.24) is 15.2 Å². The molecule has 1 aromatic carbocycles. The van der Waals surface area contributed by atoms with Gasteiger partial charge in [0.15, 0.2) is 0 Å². The van der Waals surface area contributed by atoms with Crippen molar-refractivity contribution in [3.63, 3.8) is 0 Å². The highest BCUT2D eigenvalue weighted by Crippen LogP contribution is 2.21. The Labute approximate surface area is 144 Å². The van der Waals surface area contributed by atoms with Crippen LogP contribution in [0.25, 0.3) is 0 Å². The van der Waals surface area contributed by atoms with Gasteiger partial charge in [-0.15, -0.1) is 0 Å². The van der Waals surface area contributed by atoms with Gasteiger partial charge >= 0.3 is 0 Å². The molecular formula is C19H26N4O. The Morgan fingerprint density at radius 1 is 1.17 bits per heavy atom. The van der Waals surface area contributed by atoms with Crippen LogP contribution in [0.5, 0.6) is 0 Å². The number of carbonyl (C=O) groups is 1. The number of nitrogens with one attached hydrogen (secondary N) is 2. The van der Waals surface area contributed by atoms with E-state index in [2.05, 4.69) is 52.6 Å². The minimum atomic E-state index is -0.133. The Hall–Kier alpha value is -2.40. The number of benzene rings is 1. The number of rotatable bonds is 7. The zero-order chi connectivity index (χ0) is 17.5. The molecule has 0 aliphatic rings. The summed E-state index contributed by atoms with van der Waals surface area (Å²) in [4.78, 5) is 18.4. The van der Waals surface area contributed by atoms with Crippen molar-refractivity contribution in [2.75, 3.05) is 32.5 Å². The van der Waals surface area contributed by atoms with Crippen LogP contribution in [-0.4, -0.2) is 43.0 Å². The SMILES string of the molecule is Cc1ccc(Nc2ccc(C(=O)NCCCN(C)C)nc2)c(C)c1. The zero-order valence-electron chi connectivity index (χ0n) is 14.9. The lowest BCUT2D eigenvalue weighted by Gasteiger charge is -2.11. The quantitative estimate of drug-likeness (QED) is 0.768. The van der Waals surface area contributed by atoms with E-state index in [1.807, 2.05) is 20.2 Å². The van der Waals surface area contributed by atoms with E-state index in [-0.39, 0.29) is 5.91 Å². The van der Waals surface area contributed by atoms with Crippen molar-refractivity contribution in [3.8, 4) is 0 Å². The summed E-state index contributed by atoms with van der Waals surface area (Å²) >= 11 is 0. The third-order valence-electron chi connectivity index (χ3n) is 3.72. The molecule has 24 heavy (non-hydrogen) atoms. The van der Waals surface area contributed by atoms with Gasteiger partial charge in [0.1, 0.15) is 5.69 Å². The van der Waals surface area contributed by atoms with Crippen molar-refractivity contribution in [3.05, 3.63) is 53.3 Å². The average Bonchev–Trinajstić information content (AvgIpc) is 2.54. The van der Waals surface area contributed by atoms with Gasteiger partial charge in [0.05, 0.1) is 11.9 Å². The molecule has 0 saturated heterocycles. The lowest BCUT2D eigenvalue weighted by molar-refractivity contribution is 0.0947. The number of amides is 1. The second-order valence-electron chi connectivity index (χ2n) is 6.29. The standard InChI is InChI=1S/C19H26N4O/c1-14-6-8-17(15(2)12-14)22-16-7-9-18(21-13-16)19(24)20-10-5-11-23(3)4/h6-9,12-13,22H,5,10-11H2,1-4H3,(H,20,24). The molecule has 0 saturated carbocycles. The molecule has 0 aliphatic heterocycles. The van der Waals surface area contributed by atoms with Crippen LogP contribution in [0.4, 0.5) is 11.4 Å². The smallest absolute Gasteiger partial charge is 0.269 e. The van der Waals surface area contributed by atoms with Gasteiger partial charge in [0.25, 0.3) is 5.91 Å². The maximum atomic E-state index is 12.0. The summed E-state index contributed by atoms with van der Waals surface area (Å²) < 4.78 is 0. The lowest BCUT2D eigenvalue weighted by Crippen LogP contribution is -2.27. The minimum absolute atomic E-state index is 0.133. The highest BCUT2D eigenvalue weighted by molar-refractivity contribution is 5.92. The van der Waals surface area contributed by atoms with E-state index in [0.717, 1.165) is 24.3 Å². The third-order valence-corrected chi connectivity index (χ3v) is 3.72. The van der Waals surface area contributed by atoms with Gasteiger partial charge in [-0.25, -0.2) is 4.98 Å². The average molecular weight is 326 g/mol. The monoisotopic (exact) mass is 326 g/mol. The van der Waals surface area contributed by atoms with Crippen LogP contribution in [0.2, 0.25) is 0 Å². The number of carbonyl (C=O) groups excluding carboxylic acids is 1. The number of nitrogens with zero attached hydrogens (tertiary/aromatic N) is 2. The van der Waals surface area contributed by atoms with E-state index in [0.29, 0.717) is 12.2 Å². The highest BCUT2D eigenvalue weighted by atomic mass is 16.1. The largest absolute Gasteiger partial charge is 0.354 e. The molecule has 0 fully saturated rings. The summed E-state index contributed by atoms with van der Waals surface area (Å²) in [6.07, 6.45) is 2.61. The Morgan fingerprint density at radius 2 is 1.96 bits per heavy atom. The molecule has 0 bridgehead atoms. The number of hydrogen-bond acceptors (Lipinski definition) is 4. The molecule has 2 N–H and O–H groups in total. The van der Waals surface area contributed by atoms with E-state index in [4.69, 9.17) is 0 Å². The molecule has 0 radical (unpaired) electrons. The first-order chi connectivity index (χ1) is 11.5. The van der Waals surface area contributed by atoms with Crippen LogP contribution >= 0.6 is 0 Å². The van der Waals surface area contributed by atoms with Crippen LogP contribution in [0, 0.1) is 13.8 Å². The number of aromatic nitrogens is 1. The number of hydrogen-bond donors (Lipinski definition) is 2. The van der Waals surface area contributed by atoms with Gasteiger partial charge in [0.2, 0.25) is 0 Å². The van der Waals surface area contributed by atoms with Crippen LogP contribution in [-0.2, 0) is 0 Å². The van der Waals surface area contributed by atoms with Crippen molar-refractivity contribution in [2.24, 2.45) is 0 Å². The number of aryl methyl sites for hydroxylation is 2. The van der Waals surface area contributed by atoms with Crippen LogP contribution in [0.1, 0.15) is 28.0 Å². The summed E-state index contributed by atoms with van der Waals surface area (Å²) in [6, 6.07) is 9.87. The van der Waals surface area contributed by atoms with Crippen LogP contribution < -0.4 is 10.6 Å². The second kappa shape index (κ2) is 8.45. The van der Waals surface area contributed by atoms with Gasteiger partial charge in [-0.2, -0.15) is 0 Å². The first-order valence-corrected chi connectivity index (χ1v) is 8.19. The molecular weight excluding hydrogens is 300 g/mol. The summed E-state index contributed by atoms with van der Waals surface area (Å²) in [6.45, 7) is 5.75. The topological polar surface area (TPSA) is 57.3 Å². The van der Waals surface area contributed by atoms with Crippen LogP contribution in [0.3, 0.4) is 0 Å². The molecule has 0 aliphatic carbocycles. The first kappa shape index (κ1) is 17.9. The van der Waals surface area contributed by atoms with Gasteiger partial charge < -0.3 is 15.5 Å². The molecule has 0 unspecified atom stereocenters. The molecule has 5 heteroatoms. The molecule has 1 aromatic heterocycles. The van der Waals surface area contributed by atoms with Crippen molar-refractivity contribution < 1.29 is 4.79 Å². The molecule has 1 amide bonds. The summed E-state index contributed by atoms with van der Waals surface area (Å²) in [5.74, 6) is -0.133. The van der Waals surface area contributed by atoms with E-state index >= 15 is 0 Å². The van der Waals surface area contributed by atoms with Gasteiger partial charge in [0, 0.05) is 12.2 Å². The zero-order valence-corrected chi connectivity index (χ0v) is 14.9. The Morgan fingerprint density at radius 3 is 2.58 bits per heavy atom. The van der Waals surface area contributed by atoms with Gasteiger partial charge in [-0.3, -0.25) is 4.79 Å². The van der Waals surface area contributed by atoms with E-state index in [1.165, 1.54) is 11.1 Å². The first-order valence-electron chi connectivity index (χ1n) is 8.19. The van der Waals surface area contributed by atoms with E-state index in [1.54, 1.807) is 12.3 Å². The van der Waals surface area contributed by atoms with Crippen molar-refractivity contribution in [1.29, 1.82) is 0 Å². The summed E-state index contributed by atoms with van der Waals surface area (Å²) in [5.41, 5.74) is 4.76. The molecule has 2 rings (SSSR count).